The van der Waals surface area contributed by atoms with Crippen molar-refractivity contribution in [3.63, 3.8) is 0 Å². The zero-order chi connectivity index (χ0) is 58.7. The third-order valence-electron chi connectivity index (χ3n) is 12.0. The molecule has 0 saturated carbocycles. The fraction of sp³-hybridized carbons (Fsp3) is 0.521. The summed E-state index contributed by atoms with van der Waals surface area (Å²) < 4.78 is 33.0. The predicted molar refractivity (Wildman–Crippen MR) is 348 cm³/mol. The van der Waals surface area contributed by atoms with E-state index >= 15 is 0 Å². The molecule has 0 heterocycles. The summed E-state index contributed by atoms with van der Waals surface area (Å²) in [6.07, 6.45) is 97.7. The number of allylic oxidation sites excluding steroid dienone is 32. The van der Waals surface area contributed by atoms with Crippen LogP contribution in [0, 0.1) is 0 Å². The highest BCUT2D eigenvalue weighted by Gasteiger charge is 2.26. The highest BCUT2D eigenvalue weighted by Crippen LogP contribution is 2.43. The van der Waals surface area contributed by atoms with Gasteiger partial charge in [0.15, 0.2) is 6.10 Å². The van der Waals surface area contributed by atoms with Crippen molar-refractivity contribution >= 4 is 19.8 Å². The van der Waals surface area contributed by atoms with Gasteiger partial charge in [0.1, 0.15) is 6.61 Å². The molecule has 9 nitrogen and oxygen atoms in total. The van der Waals surface area contributed by atoms with Crippen molar-refractivity contribution in [3.05, 3.63) is 194 Å². The van der Waals surface area contributed by atoms with E-state index in [0.29, 0.717) is 12.8 Å². The van der Waals surface area contributed by atoms with Crippen LogP contribution in [0.25, 0.3) is 0 Å². The summed E-state index contributed by atoms with van der Waals surface area (Å²) >= 11 is 0. The summed E-state index contributed by atoms with van der Waals surface area (Å²) in [5, 5.41) is 0. The smallest absolute Gasteiger partial charge is 0.462 e. The molecule has 10 heteroatoms. The van der Waals surface area contributed by atoms with Crippen LogP contribution in [0.1, 0.15) is 206 Å². The standard InChI is InChI=1S/C71H110NO8P/c1-3-5-7-9-11-13-15-17-19-21-23-25-27-29-31-33-34-36-38-40-42-44-46-48-50-52-54-56-58-60-62-64-71(74)80-69(68-79-81(75,76)78-66-65-72)67-77-70(73)63-61-59-57-55-53-51-49-47-45-43-41-39-37-35-32-30-28-26-24-22-20-18-16-14-12-10-8-6-4-2/h5-8,11-14,17-20,23-26,29-32,34,36-37,39-40,42-43,45-46,48-49,51,69H,3-4,9-10,15-16,21-22,27-28,33,35,38,41,44,47,50,52-68,72H2,1-2H3,(H,75,76)/b7-5-,8-6-,13-11-,14-12-,19-17-,20-18-,25-23-,26-24-,31-29-,32-30-,36-34-,39-37-,42-40-,45-43-,48-46-,51-49-. The summed E-state index contributed by atoms with van der Waals surface area (Å²) in [5.74, 6) is -0.892. The Bertz CT molecular complexity index is 2020. The van der Waals surface area contributed by atoms with Gasteiger partial charge in [0.2, 0.25) is 0 Å². The van der Waals surface area contributed by atoms with E-state index in [1.807, 2.05) is 0 Å². The zero-order valence-electron chi connectivity index (χ0n) is 50.4. The van der Waals surface area contributed by atoms with E-state index in [-0.39, 0.29) is 32.6 Å². The molecule has 2 atom stereocenters. The summed E-state index contributed by atoms with van der Waals surface area (Å²) in [6.45, 7) is 3.43. The summed E-state index contributed by atoms with van der Waals surface area (Å²) in [4.78, 5) is 35.3. The van der Waals surface area contributed by atoms with Crippen molar-refractivity contribution in [2.45, 2.75) is 213 Å². The number of rotatable bonds is 55. The van der Waals surface area contributed by atoms with E-state index in [4.69, 9.17) is 24.3 Å². The van der Waals surface area contributed by atoms with Crippen LogP contribution in [-0.2, 0) is 32.7 Å². The highest BCUT2D eigenvalue weighted by molar-refractivity contribution is 7.47. The molecule has 0 aliphatic heterocycles. The Balaban J connectivity index is 4.14. The van der Waals surface area contributed by atoms with E-state index in [9.17, 15) is 19.0 Å². The van der Waals surface area contributed by atoms with Gasteiger partial charge in [-0.25, -0.2) is 4.57 Å². The Morgan fingerprint density at radius 1 is 0.370 bits per heavy atom. The summed E-state index contributed by atoms with van der Waals surface area (Å²) in [5.41, 5.74) is 5.38. The van der Waals surface area contributed by atoms with Crippen LogP contribution in [-0.4, -0.2) is 49.3 Å². The Hall–Kier alpha value is -5.15. The van der Waals surface area contributed by atoms with Gasteiger partial charge in [-0.15, -0.1) is 0 Å². The number of carbonyl (C=O) groups excluding carboxylic acids is 2. The second-order valence-corrected chi connectivity index (χ2v) is 20.9. The van der Waals surface area contributed by atoms with Gasteiger partial charge >= 0.3 is 19.8 Å². The third kappa shape index (κ3) is 63.9. The lowest BCUT2D eigenvalue weighted by molar-refractivity contribution is -0.161. The van der Waals surface area contributed by atoms with Crippen LogP contribution in [0.3, 0.4) is 0 Å². The number of nitrogens with two attached hydrogens (primary N) is 1. The lowest BCUT2D eigenvalue weighted by Gasteiger charge is -2.19. The average molecular weight is 1140 g/mol. The van der Waals surface area contributed by atoms with Crippen LogP contribution >= 0.6 is 7.82 Å². The number of hydrogen-bond acceptors (Lipinski definition) is 8. The van der Waals surface area contributed by atoms with Crippen molar-refractivity contribution in [2.75, 3.05) is 26.4 Å². The number of phosphoric ester groups is 1. The van der Waals surface area contributed by atoms with Gasteiger partial charge in [-0.1, -0.05) is 247 Å². The average Bonchev–Trinajstić information content (AvgIpc) is 3.46. The number of unbranched alkanes of at least 4 members (excludes halogenated alkanes) is 10. The lowest BCUT2D eigenvalue weighted by atomic mass is 10.1. The molecule has 0 aliphatic rings. The number of phosphoric acid groups is 1. The van der Waals surface area contributed by atoms with Crippen LogP contribution in [0.5, 0.6) is 0 Å². The summed E-state index contributed by atoms with van der Waals surface area (Å²) in [6, 6.07) is 0. The molecule has 81 heavy (non-hydrogen) atoms. The largest absolute Gasteiger partial charge is 0.472 e. The molecule has 0 radical (unpaired) electrons. The summed E-state index contributed by atoms with van der Waals surface area (Å²) in [7, 11) is -4.42. The van der Waals surface area contributed by atoms with Crippen LogP contribution < -0.4 is 5.73 Å². The number of hydrogen-bond donors (Lipinski definition) is 2. The Morgan fingerprint density at radius 3 is 0.951 bits per heavy atom. The first-order valence-electron chi connectivity index (χ1n) is 30.9. The molecule has 452 valence electrons. The van der Waals surface area contributed by atoms with E-state index < -0.39 is 32.5 Å². The van der Waals surface area contributed by atoms with Gasteiger partial charge in [-0.2, -0.15) is 0 Å². The lowest BCUT2D eigenvalue weighted by Crippen LogP contribution is -2.29. The molecular weight excluding hydrogens is 1030 g/mol. The van der Waals surface area contributed by atoms with Gasteiger partial charge < -0.3 is 20.1 Å². The first kappa shape index (κ1) is 75.8. The topological polar surface area (TPSA) is 134 Å². The maximum atomic E-state index is 12.7. The van der Waals surface area contributed by atoms with Crippen LogP contribution in [0.4, 0.5) is 0 Å². The quantitative estimate of drug-likeness (QED) is 0.0264. The van der Waals surface area contributed by atoms with Crippen molar-refractivity contribution in [1.82, 2.24) is 0 Å². The van der Waals surface area contributed by atoms with Gasteiger partial charge in [-0.05, 0) is 141 Å². The SMILES string of the molecule is CC/C=C\C/C=C\C/C=C\C/C=C\C/C=C\C/C=C\C/C=C\C/C=C\CCCCCCCCC(=O)OC(COC(=O)CCCCCC/C=C\C/C=C\C/C=C\C/C=C\C/C=C\C/C=C\C/C=C\C/C=C\CC)COP(=O)(O)OCCN. The molecule has 2 unspecified atom stereocenters. The predicted octanol–water partition coefficient (Wildman–Crippen LogP) is 20.2. The molecule has 0 saturated heterocycles. The molecule has 0 amide bonds. The molecule has 0 aliphatic carbocycles. The molecule has 0 spiro atoms. The van der Waals surface area contributed by atoms with Crippen molar-refractivity contribution < 1.29 is 37.6 Å². The van der Waals surface area contributed by atoms with Crippen LogP contribution in [0.15, 0.2) is 194 Å². The number of carbonyl (C=O) groups is 2. The van der Waals surface area contributed by atoms with Gasteiger partial charge in [-0.3, -0.25) is 18.6 Å². The van der Waals surface area contributed by atoms with Gasteiger partial charge in [0.05, 0.1) is 13.2 Å². The van der Waals surface area contributed by atoms with Crippen molar-refractivity contribution in [2.24, 2.45) is 5.73 Å². The van der Waals surface area contributed by atoms with Gasteiger partial charge in [0, 0.05) is 19.4 Å². The normalized spacial score (nSPS) is 14.4. The molecule has 3 N–H and O–H groups in total. The maximum absolute atomic E-state index is 12.7. The Morgan fingerprint density at radius 2 is 0.642 bits per heavy atom. The second kappa shape index (κ2) is 64.0. The minimum atomic E-state index is -4.42. The van der Waals surface area contributed by atoms with Gasteiger partial charge in [0.25, 0.3) is 0 Å². The zero-order valence-corrected chi connectivity index (χ0v) is 51.3. The van der Waals surface area contributed by atoms with E-state index in [2.05, 4.69) is 208 Å². The number of ether oxygens (including phenoxy) is 2. The van der Waals surface area contributed by atoms with E-state index in [1.54, 1.807) is 0 Å². The van der Waals surface area contributed by atoms with Crippen LogP contribution in [0.2, 0.25) is 0 Å². The molecular formula is C71H110NO8P. The first-order chi connectivity index (χ1) is 39.8. The Labute approximate surface area is 494 Å². The monoisotopic (exact) mass is 1140 g/mol. The minimum absolute atomic E-state index is 0.0350. The van der Waals surface area contributed by atoms with E-state index in [1.165, 1.54) is 0 Å². The molecule has 0 fully saturated rings. The maximum Gasteiger partial charge on any atom is 0.472 e. The third-order valence-corrected chi connectivity index (χ3v) is 13.0. The Kier molecular flexibility index (Phi) is 60.0. The highest BCUT2D eigenvalue weighted by atomic mass is 31.2. The molecule has 0 aromatic rings. The molecule has 0 aromatic carbocycles. The molecule has 0 rings (SSSR count). The second-order valence-electron chi connectivity index (χ2n) is 19.5. The minimum Gasteiger partial charge on any atom is -0.462 e. The molecule has 0 bridgehead atoms. The number of esters is 2. The fourth-order valence-electron chi connectivity index (χ4n) is 7.49. The van der Waals surface area contributed by atoms with E-state index in [0.717, 1.165) is 167 Å². The fourth-order valence-corrected chi connectivity index (χ4v) is 8.25. The van der Waals surface area contributed by atoms with Crippen molar-refractivity contribution in [3.8, 4) is 0 Å². The van der Waals surface area contributed by atoms with Crippen molar-refractivity contribution in [1.29, 1.82) is 0 Å². The first-order valence-corrected chi connectivity index (χ1v) is 32.4. The molecule has 0 aromatic heterocycles.